The van der Waals surface area contributed by atoms with Gasteiger partial charge in [0.1, 0.15) is 22.7 Å². The zero-order valence-electron chi connectivity index (χ0n) is 31.8. The first-order valence-corrected chi connectivity index (χ1v) is 20.0. The van der Waals surface area contributed by atoms with E-state index in [1.165, 1.54) is 27.8 Å². The number of nitrogens with zero attached hydrogens (tertiary/aromatic N) is 2. The standard InChI is InChI=1S/C54H36N2O2/c1-33-50(35-15-3-2-4-16-35)55-53(56-51(33)42-22-14-21-41-39-18-6-10-26-46(39)58-52(41)42)36-31-29-34(30-32-36)37-19-13-20-40-38-17-5-7-23-43(38)54(49(37)40)44-24-8-11-27-47(44)57-48-28-12-9-25-45(48)54/h2-33,51H,1H3/t33-,51?/m0/s1. The molecular formula is C54H36N2O2. The predicted octanol–water partition coefficient (Wildman–Crippen LogP) is 13.3. The highest BCUT2D eigenvalue weighted by molar-refractivity contribution is 6.15. The van der Waals surface area contributed by atoms with E-state index in [-0.39, 0.29) is 12.0 Å². The molecule has 0 radical (unpaired) electrons. The Labute approximate surface area is 336 Å². The third kappa shape index (κ3) is 4.63. The van der Waals surface area contributed by atoms with Crippen LogP contribution in [0.15, 0.2) is 202 Å². The molecule has 1 aromatic heterocycles. The summed E-state index contributed by atoms with van der Waals surface area (Å²) in [6, 6.07) is 66.6. The average molecular weight is 745 g/mol. The number of aliphatic imine (C=N–C) groups is 2. The summed E-state index contributed by atoms with van der Waals surface area (Å²) < 4.78 is 13.2. The monoisotopic (exact) mass is 744 g/mol. The van der Waals surface area contributed by atoms with Gasteiger partial charge in [0, 0.05) is 38.9 Å². The first-order valence-electron chi connectivity index (χ1n) is 20.0. The summed E-state index contributed by atoms with van der Waals surface area (Å²) in [5.74, 6) is 2.51. The van der Waals surface area contributed by atoms with E-state index in [1.54, 1.807) is 0 Å². The summed E-state index contributed by atoms with van der Waals surface area (Å²) in [6.45, 7) is 2.23. The number of amidine groups is 1. The second kappa shape index (κ2) is 12.6. The Morgan fingerprint density at radius 2 is 1.09 bits per heavy atom. The van der Waals surface area contributed by atoms with E-state index in [0.29, 0.717) is 0 Å². The van der Waals surface area contributed by atoms with Crippen LogP contribution < -0.4 is 4.74 Å². The molecule has 3 heterocycles. The van der Waals surface area contributed by atoms with Crippen molar-refractivity contribution in [1.82, 2.24) is 0 Å². The number of hydrogen-bond acceptors (Lipinski definition) is 4. The molecule has 0 bridgehead atoms. The summed E-state index contributed by atoms with van der Waals surface area (Å²) in [7, 11) is 0. The first kappa shape index (κ1) is 32.9. The minimum Gasteiger partial charge on any atom is -0.457 e. The van der Waals surface area contributed by atoms with Gasteiger partial charge in [-0.15, -0.1) is 0 Å². The Hall–Kier alpha value is -7.30. The lowest BCUT2D eigenvalue weighted by molar-refractivity contribution is 0.436. The molecule has 4 heteroatoms. The number of furan rings is 1. The SMILES string of the molecule is C[C@H]1C(c2ccccc2)=NC(c2ccc(-c3cccc4c3C3(c5ccccc5Oc5ccccc53)c3ccccc3-4)cc2)=NC1c1cccc2c1oc1ccccc12. The van der Waals surface area contributed by atoms with Crippen LogP contribution in [0.3, 0.4) is 0 Å². The third-order valence-corrected chi connectivity index (χ3v) is 12.5. The molecule has 0 amide bonds. The van der Waals surface area contributed by atoms with Crippen LogP contribution in [0.4, 0.5) is 0 Å². The number of benzene rings is 8. The maximum Gasteiger partial charge on any atom is 0.155 e. The second-order valence-electron chi connectivity index (χ2n) is 15.6. The van der Waals surface area contributed by atoms with Crippen molar-refractivity contribution < 1.29 is 9.15 Å². The zero-order chi connectivity index (χ0) is 38.4. The Morgan fingerprint density at radius 3 is 1.88 bits per heavy atom. The molecule has 0 fully saturated rings. The van der Waals surface area contributed by atoms with Crippen LogP contribution in [-0.2, 0) is 5.41 Å². The van der Waals surface area contributed by atoms with Gasteiger partial charge in [-0.25, -0.2) is 4.99 Å². The number of ether oxygens (including phenoxy) is 1. The van der Waals surface area contributed by atoms with Crippen molar-refractivity contribution >= 4 is 33.5 Å². The highest BCUT2D eigenvalue weighted by Gasteiger charge is 2.52. The van der Waals surface area contributed by atoms with Crippen molar-refractivity contribution in [2.75, 3.05) is 0 Å². The van der Waals surface area contributed by atoms with Gasteiger partial charge < -0.3 is 9.15 Å². The molecule has 2 aliphatic heterocycles. The van der Waals surface area contributed by atoms with Gasteiger partial charge in [-0.05, 0) is 57.1 Å². The van der Waals surface area contributed by atoms with E-state index in [0.717, 1.165) is 78.4 Å². The van der Waals surface area contributed by atoms with Crippen LogP contribution in [-0.4, -0.2) is 11.5 Å². The van der Waals surface area contributed by atoms with E-state index in [4.69, 9.17) is 19.1 Å². The van der Waals surface area contributed by atoms with Crippen molar-refractivity contribution in [1.29, 1.82) is 0 Å². The average Bonchev–Trinajstić information content (AvgIpc) is 3.81. The lowest BCUT2D eigenvalue weighted by Gasteiger charge is -2.40. The first-order chi connectivity index (χ1) is 28.7. The van der Waals surface area contributed by atoms with Gasteiger partial charge in [0.05, 0.1) is 17.2 Å². The van der Waals surface area contributed by atoms with Gasteiger partial charge in [0.15, 0.2) is 5.84 Å². The van der Waals surface area contributed by atoms with Crippen LogP contribution in [0.25, 0.3) is 44.2 Å². The number of para-hydroxylation sites is 4. The number of hydrogen-bond donors (Lipinski definition) is 0. The van der Waals surface area contributed by atoms with Crippen molar-refractivity contribution in [3.05, 3.63) is 227 Å². The van der Waals surface area contributed by atoms with Crippen LogP contribution in [0.2, 0.25) is 0 Å². The molecule has 4 nitrogen and oxygen atoms in total. The molecule has 58 heavy (non-hydrogen) atoms. The summed E-state index contributed by atoms with van der Waals surface area (Å²) in [5, 5.41) is 2.22. The molecule has 1 unspecified atom stereocenters. The predicted molar refractivity (Wildman–Crippen MR) is 234 cm³/mol. The van der Waals surface area contributed by atoms with Crippen LogP contribution in [0.1, 0.15) is 51.9 Å². The van der Waals surface area contributed by atoms with Crippen LogP contribution in [0.5, 0.6) is 11.5 Å². The molecule has 0 N–H and O–H groups in total. The van der Waals surface area contributed by atoms with E-state index < -0.39 is 5.41 Å². The van der Waals surface area contributed by atoms with Gasteiger partial charge in [-0.2, -0.15) is 0 Å². The topological polar surface area (TPSA) is 47.1 Å². The fourth-order valence-electron chi connectivity index (χ4n) is 10.0. The summed E-state index contributed by atoms with van der Waals surface area (Å²) >= 11 is 0. The van der Waals surface area contributed by atoms with Crippen molar-refractivity contribution in [3.8, 4) is 33.8 Å². The van der Waals surface area contributed by atoms with Crippen molar-refractivity contribution in [2.24, 2.45) is 15.9 Å². The molecule has 9 aromatic rings. The quantitative estimate of drug-likeness (QED) is 0.180. The highest BCUT2D eigenvalue weighted by Crippen LogP contribution is 2.63. The molecule has 0 saturated carbocycles. The lowest BCUT2D eigenvalue weighted by atomic mass is 9.64. The molecule has 12 rings (SSSR count). The summed E-state index contributed by atoms with van der Waals surface area (Å²) in [6.07, 6.45) is 0. The van der Waals surface area contributed by atoms with Gasteiger partial charge in [-0.3, -0.25) is 4.99 Å². The zero-order valence-corrected chi connectivity index (χ0v) is 31.8. The second-order valence-corrected chi connectivity index (χ2v) is 15.6. The Bertz CT molecular complexity index is 3130. The normalized spacial score (nSPS) is 17.2. The fourth-order valence-corrected chi connectivity index (χ4v) is 10.0. The highest BCUT2D eigenvalue weighted by atomic mass is 16.5. The minimum absolute atomic E-state index is 0.0131. The number of fused-ring (bicyclic) bond motifs is 12. The van der Waals surface area contributed by atoms with Crippen molar-refractivity contribution in [2.45, 2.75) is 18.4 Å². The van der Waals surface area contributed by atoms with Crippen LogP contribution in [0, 0.1) is 5.92 Å². The lowest BCUT2D eigenvalue weighted by Crippen LogP contribution is -2.32. The molecular weight excluding hydrogens is 709 g/mol. The smallest absolute Gasteiger partial charge is 0.155 e. The van der Waals surface area contributed by atoms with E-state index >= 15 is 0 Å². The van der Waals surface area contributed by atoms with E-state index in [9.17, 15) is 0 Å². The van der Waals surface area contributed by atoms with Gasteiger partial charge in [0.25, 0.3) is 0 Å². The maximum absolute atomic E-state index is 6.62. The van der Waals surface area contributed by atoms with E-state index in [1.807, 2.05) is 12.1 Å². The van der Waals surface area contributed by atoms with Gasteiger partial charge in [-0.1, -0.05) is 177 Å². The largest absolute Gasteiger partial charge is 0.457 e. The minimum atomic E-state index is -0.560. The van der Waals surface area contributed by atoms with Gasteiger partial charge in [0.2, 0.25) is 0 Å². The molecule has 0 saturated heterocycles. The third-order valence-electron chi connectivity index (χ3n) is 12.5. The molecule has 1 aliphatic carbocycles. The van der Waals surface area contributed by atoms with Gasteiger partial charge >= 0.3 is 0 Å². The Morgan fingerprint density at radius 1 is 0.483 bits per heavy atom. The number of rotatable bonds is 4. The van der Waals surface area contributed by atoms with E-state index in [2.05, 4.69) is 183 Å². The molecule has 3 aliphatic rings. The molecule has 2 atom stereocenters. The Balaban J connectivity index is 1.03. The summed E-state index contributed by atoms with van der Waals surface area (Å²) in [5.41, 5.74) is 15.1. The molecule has 8 aromatic carbocycles. The Kier molecular flexibility index (Phi) is 7.15. The van der Waals surface area contributed by atoms with Crippen molar-refractivity contribution in [3.63, 3.8) is 0 Å². The maximum atomic E-state index is 6.62. The summed E-state index contributed by atoms with van der Waals surface area (Å²) in [4.78, 5) is 10.8. The fraction of sp³-hybridized carbons (Fsp3) is 0.0741. The molecule has 1 spiro atoms. The molecule has 274 valence electrons. The van der Waals surface area contributed by atoms with Crippen LogP contribution >= 0.6 is 0 Å².